The fraction of sp³-hybridized carbons (Fsp3) is 0.235. The van der Waals surface area contributed by atoms with Gasteiger partial charge in [-0.1, -0.05) is 26.0 Å². The Morgan fingerprint density at radius 1 is 1.21 bits per heavy atom. The van der Waals surface area contributed by atoms with E-state index in [9.17, 15) is 12.8 Å². The van der Waals surface area contributed by atoms with Crippen molar-refractivity contribution in [3.8, 4) is 5.75 Å². The summed E-state index contributed by atoms with van der Waals surface area (Å²) in [6.45, 7) is 4.70. The van der Waals surface area contributed by atoms with Crippen LogP contribution in [-0.2, 0) is 10.0 Å². The van der Waals surface area contributed by atoms with Crippen LogP contribution in [0.5, 0.6) is 5.75 Å². The highest BCUT2D eigenvalue weighted by molar-refractivity contribution is 7.89. The Hall–Kier alpha value is -2.41. The van der Waals surface area contributed by atoms with Gasteiger partial charge in [0.1, 0.15) is 11.6 Å². The molecule has 7 heteroatoms. The molecule has 0 aromatic heterocycles. The molecule has 0 aliphatic heterocycles. The lowest BCUT2D eigenvalue weighted by molar-refractivity contribution is 0.271. The molecule has 1 N–H and O–H groups in total. The zero-order valence-electron chi connectivity index (χ0n) is 13.4. The lowest BCUT2D eigenvalue weighted by Gasteiger charge is -2.08. The van der Waals surface area contributed by atoms with Crippen LogP contribution in [0.2, 0.25) is 0 Å². The van der Waals surface area contributed by atoms with E-state index in [1.54, 1.807) is 18.2 Å². The van der Waals surface area contributed by atoms with Crippen LogP contribution in [0, 0.1) is 11.7 Å². The van der Waals surface area contributed by atoms with Gasteiger partial charge in [0.25, 0.3) is 10.0 Å². The van der Waals surface area contributed by atoms with Crippen LogP contribution in [0.4, 0.5) is 4.39 Å². The molecule has 24 heavy (non-hydrogen) atoms. The van der Waals surface area contributed by atoms with Crippen molar-refractivity contribution in [3.05, 3.63) is 59.9 Å². The van der Waals surface area contributed by atoms with Gasteiger partial charge in [-0.3, -0.25) is 0 Å². The highest BCUT2D eigenvalue weighted by Gasteiger charge is 2.12. The molecule has 0 spiro atoms. The first-order valence-electron chi connectivity index (χ1n) is 7.40. The fourth-order valence-electron chi connectivity index (χ4n) is 1.78. The van der Waals surface area contributed by atoms with Crippen LogP contribution >= 0.6 is 0 Å². The lowest BCUT2D eigenvalue weighted by Crippen LogP contribution is -2.18. The van der Waals surface area contributed by atoms with Crippen molar-refractivity contribution in [2.75, 3.05) is 6.61 Å². The Morgan fingerprint density at radius 2 is 1.92 bits per heavy atom. The van der Waals surface area contributed by atoms with E-state index in [0.29, 0.717) is 23.8 Å². The largest absolute Gasteiger partial charge is 0.493 e. The van der Waals surface area contributed by atoms with Crippen LogP contribution in [0.1, 0.15) is 19.4 Å². The van der Waals surface area contributed by atoms with Gasteiger partial charge >= 0.3 is 0 Å². The monoisotopic (exact) mass is 350 g/mol. The molecule has 0 saturated heterocycles. The standard InChI is InChI=1S/C17H19FN2O3S/c1-13(2)12-23-16-5-3-4-14(10-16)11-19-20-24(21,22)17-8-6-15(18)7-9-17/h3-11,13,20H,12H2,1-2H3/b19-11+. The summed E-state index contributed by atoms with van der Waals surface area (Å²) in [5, 5.41) is 3.74. The summed E-state index contributed by atoms with van der Waals surface area (Å²) >= 11 is 0. The molecule has 5 nitrogen and oxygen atoms in total. The minimum Gasteiger partial charge on any atom is -0.493 e. The summed E-state index contributed by atoms with van der Waals surface area (Å²) < 4.78 is 42.5. The molecule has 0 radical (unpaired) electrons. The Morgan fingerprint density at radius 3 is 2.58 bits per heavy atom. The second-order valence-electron chi connectivity index (χ2n) is 5.58. The lowest BCUT2D eigenvalue weighted by atomic mass is 10.2. The number of nitrogens with one attached hydrogen (secondary N) is 1. The average molecular weight is 350 g/mol. The Kier molecular flexibility index (Phi) is 5.92. The molecular formula is C17H19FN2O3S. The van der Waals surface area contributed by atoms with E-state index in [4.69, 9.17) is 4.74 Å². The maximum Gasteiger partial charge on any atom is 0.276 e. The molecule has 0 amide bonds. The topological polar surface area (TPSA) is 67.8 Å². The normalized spacial score (nSPS) is 11.8. The summed E-state index contributed by atoms with van der Waals surface area (Å²) in [6.07, 6.45) is 1.38. The predicted octanol–water partition coefficient (Wildman–Crippen LogP) is 3.17. The van der Waals surface area contributed by atoms with Crippen molar-refractivity contribution in [2.24, 2.45) is 11.0 Å². The predicted molar refractivity (Wildman–Crippen MR) is 91.1 cm³/mol. The molecule has 2 aromatic carbocycles. The molecular weight excluding hydrogens is 331 g/mol. The number of rotatable bonds is 7. The van der Waals surface area contributed by atoms with Gasteiger partial charge in [-0.2, -0.15) is 13.5 Å². The quantitative estimate of drug-likeness (QED) is 0.616. The highest BCUT2D eigenvalue weighted by atomic mass is 32.2. The zero-order valence-corrected chi connectivity index (χ0v) is 14.3. The van der Waals surface area contributed by atoms with Crippen molar-refractivity contribution in [1.82, 2.24) is 4.83 Å². The maximum atomic E-state index is 12.8. The third-order valence-electron chi connectivity index (χ3n) is 2.95. The molecule has 128 valence electrons. The van der Waals surface area contributed by atoms with Gasteiger partial charge in [0.15, 0.2) is 0 Å². The summed E-state index contributed by atoms with van der Waals surface area (Å²) in [5.41, 5.74) is 0.693. The number of halogens is 1. The fourth-order valence-corrected chi connectivity index (χ4v) is 2.58. The van der Waals surface area contributed by atoms with Crippen LogP contribution in [0.15, 0.2) is 58.5 Å². The summed E-state index contributed by atoms with van der Waals surface area (Å²) in [4.78, 5) is 2.03. The summed E-state index contributed by atoms with van der Waals surface area (Å²) in [6, 6.07) is 11.7. The summed E-state index contributed by atoms with van der Waals surface area (Å²) in [5.74, 6) is 0.592. The van der Waals surface area contributed by atoms with Crippen LogP contribution < -0.4 is 9.57 Å². The minimum absolute atomic E-state index is 0.0601. The van der Waals surface area contributed by atoms with E-state index in [1.807, 2.05) is 6.07 Å². The van der Waals surface area contributed by atoms with E-state index in [1.165, 1.54) is 18.3 Å². The van der Waals surface area contributed by atoms with Crippen molar-refractivity contribution >= 4 is 16.2 Å². The first kappa shape index (κ1) is 17.9. The smallest absolute Gasteiger partial charge is 0.276 e. The third kappa shape index (κ3) is 5.34. The SMILES string of the molecule is CC(C)COc1cccc(/C=N/NS(=O)(=O)c2ccc(F)cc2)c1. The molecule has 0 heterocycles. The number of benzene rings is 2. The Balaban J connectivity index is 2.03. The molecule has 0 saturated carbocycles. The van der Waals surface area contributed by atoms with Gasteiger partial charge in [0.05, 0.1) is 17.7 Å². The van der Waals surface area contributed by atoms with E-state index in [-0.39, 0.29) is 4.90 Å². The molecule has 0 fully saturated rings. The Bertz CT molecular complexity index is 803. The van der Waals surface area contributed by atoms with Crippen LogP contribution in [0.3, 0.4) is 0 Å². The number of hydrogen-bond acceptors (Lipinski definition) is 4. The number of nitrogens with zero attached hydrogens (tertiary/aromatic N) is 1. The van der Waals surface area contributed by atoms with E-state index in [2.05, 4.69) is 23.8 Å². The van der Waals surface area contributed by atoms with Gasteiger partial charge in [0, 0.05) is 0 Å². The number of sulfonamides is 1. The molecule has 2 rings (SSSR count). The van der Waals surface area contributed by atoms with E-state index < -0.39 is 15.8 Å². The van der Waals surface area contributed by atoms with Crippen LogP contribution in [-0.4, -0.2) is 21.2 Å². The molecule has 0 unspecified atom stereocenters. The van der Waals surface area contributed by atoms with Crippen molar-refractivity contribution in [1.29, 1.82) is 0 Å². The maximum absolute atomic E-state index is 12.8. The molecule has 0 atom stereocenters. The molecule has 0 aliphatic rings. The molecule has 0 aliphatic carbocycles. The van der Waals surface area contributed by atoms with Gasteiger partial charge in [-0.25, -0.2) is 9.22 Å². The van der Waals surface area contributed by atoms with Gasteiger partial charge in [0.2, 0.25) is 0 Å². The van der Waals surface area contributed by atoms with Gasteiger partial charge in [-0.05, 0) is 47.9 Å². The number of hydrogen-bond donors (Lipinski definition) is 1. The zero-order chi connectivity index (χ0) is 17.6. The second kappa shape index (κ2) is 7.92. The van der Waals surface area contributed by atoms with Gasteiger partial charge in [-0.15, -0.1) is 0 Å². The molecule has 2 aromatic rings. The second-order valence-corrected chi connectivity index (χ2v) is 7.25. The van der Waals surface area contributed by atoms with Crippen molar-refractivity contribution in [3.63, 3.8) is 0 Å². The minimum atomic E-state index is -3.82. The average Bonchev–Trinajstić information content (AvgIpc) is 2.53. The first-order chi connectivity index (χ1) is 11.4. The number of hydrazone groups is 1. The van der Waals surface area contributed by atoms with Crippen LogP contribution in [0.25, 0.3) is 0 Å². The van der Waals surface area contributed by atoms with Gasteiger partial charge < -0.3 is 4.74 Å². The third-order valence-corrected chi connectivity index (χ3v) is 4.19. The molecule has 0 bridgehead atoms. The Labute approximate surface area is 141 Å². The first-order valence-corrected chi connectivity index (χ1v) is 8.88. The van der Waals surface area contributed by atoms with E-state index >= 15 is 0 Å². The van der Waals surface area contributed by atoms with E-state index in [0.717, 1.165) is 12.1 Å². The highest BCUT2D eigenvalue weighted by Crippen LogP contribution is 2.13. The van der Waals surface area contributed by atoms with Crippen molar-refractivity contribution < 1.29 is 17.5 Å². The summed E-state index contributed by atoms with van der Waals surface area (Å²) in [7, 11) is -3.82. The number of ether oxygens (including phenoxy) is 1. The van der Waals surface area contributed by atoms with Crippen molar-refractivity contribution in [2.45, 2.75) is 18.7 Å².